The highest BCUT2D eigenvalue weighted by Crippen LogP contribution is 2.43. The predicted molar refractivity (Wildman–Crippen MR) is 90.2 cm³/mol. The Morgan fingerprint density at radius 3 is 2.76 bits per heavy atom. The quantitative estimate of drug-likeness (QED) is 0.898. The van der Waals surface area contributed by atoms with Gasteiger partial charge in [-0.2, -0.15) is 0 Å². The number of halogens is 1. The highest BCUT2D eigenvalue weighted by Gasteiger charge is 2.48. The lowest BCUT2D eigenvalue weighted by atomic mass is 9.84. The van der Waals surface area contributed by atoms with E-state index in [1.165, 1.54) is 24.8 Å². The Morgan fingerprint density at radius 1 is 1.38 bits per heavy atom. The first kappa shape index (κ1) is 15.4. The van der Waals surface area contributed by atoms with Gasteiger partial charge in [0.1, 0.15) is 0 Å². The average Bonchev–Trinajstić information content (AvgIpc) is 3.28. The van der Waals surface area contributed by atoms with E-state index in [2.05, 4.69) is 58.0 Å². The van der Waals surface area contributed by atoms with Crippen LogP contribution in [0, 0.1) is 5.92 Å². The third-order valence-corrected chi connectivity index (χ3v) is 5.96. The van der Waals surface area contributed by atoms with Gasteiger partial charge in [-0.1, -0.05) is 6.92 Å². The van der Waals surface area contributed by atoms with Gasteiger partial charge in [-0.3, -0.25) is 9.88 Å². The van der Waals surface area contributed by atoms with Crippen molar-refractivity contribution < 1.29 is 0 Å². The molecule has 1 aliphatic heterocycles. The monoisotopic (exact) mass is 351 g/mol. The van der Waals surface area contributed by atoms with Gasteiger partial charge in [0.05, 0.1) is 0 Å². The van der Waals surface area contributed by atoms with E-state index in [-0.39, 0.29) is 11.1 Å². The van der Waals surface area contributed by atoms with Crippen LogP contribution in [-0.4, -0.2) is 34.1 Å². The van der Waals surface area contributed by atoms with Crippen molar-refractivity contribution in [3.63, 3.8) is 0 Å². The number of piperazine rings is 1. The number of nitrogens with one attached hydrogen (secondary N) is 1. The molecule has 0 spiro atoms. The fourth-order valence-corrected chi connectivity index (χ4v) is 3.91. The fraction of sp³-hybridized carbons (Fsp3) is 0.706. The third-order valence-electron chi connectivity index (χ3n) is 5.53. The summed E-state index contributed by atoms with van der Waals surface area (Å²) in [5, 5.41) is 3.86. The molecule has 116 valence electrons. The molecule has 3 nitrogen and oxygen atoms in total. The van der Waals surface area contributed by atoms with Gasteiger partial charge in [0.15, 0.2) is 0 Å². The molecule has 2 aliphatic rings. The molecule has 0 aromatic carbocycles. The number of hydrogen-bond donors (Lipinski definition) is 1. The van der Waals surface area contributed by atoms with Crippen LogP contribution in [0.3, 0.4) is 0 Å². The summed E-state index contributed by atoms with van der Waals surface area (Å²) < 4.78 is 1.07. The Bertz CT molecular complexity index is 517. The van der Waals surface area contributed by atoms with Crippen LogP contribution >= 0.6 is 15.9 Å². The molecule has 2 heterocycles. The van der Waals surface area contributed by atoms with Crippen LogP contribution in [0.25, 0.3) is 0 Å². The number of hydrogen-bond acceptors (Lipinski definition) is 3. The van der Waals surface area contributed by atoms with Gasteiger partial charge in [-0.15, -0.1) is 0 Å². The zero-order chi connectivity index (χ0) is 15.1. The summed E-state index contributed by atoms with van der Waals surface area (Å²) in [7, 11) is 0. The molecular weight excluding hydrogens is 326 g/mol. The number of pyridine rings is 1. The third kappa shape index (κ3) is 3.17. The van der Waals surface area contributed by atoms with Gasteiger partial charge in [0.25, 0.3) is 0 Å². The molecule has 1 saturated carbocycles. The smallest absolute Gasteiger partial charge is 0.0410 e. The van der Waals surface area contributed by atoms with Crippen molar-refractivity contribution >= 4 is 15.9 Å². The van der Waals surface area contributed by atoms with E-state index in [4.69, 9.17) is 0 Å². The van der Waals surface area contributed by atoms with E-state index in [0.29, 0.717) is 0 Å². The molecule has 1 aromatic heterocycles. The maximum atomic E-state index is 4.32. The van der Waals surface area contributed by atoms with Gasteiger partial charge in [-0.05, 0) is 66.6 Å². The van der Waals surface area contributed by atoms with Gasteiger partial charge in [-0.25, -0.2) is 0 Å². The number of rotatable bonds is 4. The highest BCUT2D eigenvalue weighted by molar-refractivity contribution is 9.10. The Kier molecular flexibility index (Phi) is 4.15. The molecule has 1 saturated heterocycles. The molecular formula is C17H26BrN3. The summed E-state index contributed by atoms with van der Waals surface area (Å²) in [6.45, 7) is 10.3. The molecule has 0 radical (unpaired) electrons. The molecule has 1 N–H and O–H groups in total. The second kappa shape index (κ2) is 5.64. The van der Waals surface area contributed by atoms with Gasteiger partial charge in [0, 0.05) is 47.6 Å². The van der Waals surface area contributed by atoms with Crippen molar-refractivity contribution in [3.8, 4) is 0 Å². The predicted octanol–water partition coefficient (Wildman–Crippen LogP) is 3.59. The lowest BCUT2D eigenvalue weighted by molar-refractivity contribution is 0.00417. The standard InChI is InChI=1S/C17H26BrN3/c1-4-16(2)11-20-17(3,14-5-6-14)12-21(16)10-13-7-15(18)9-19-8-13/h7-9,14,20H,4-6,10-12H2,1-3H3. The maximum Gasteiger partial charge on any atom is 0.0410 e. The van der Waals surface area contributed by atoms with E-state index >= 15 is 0 Å². The van der Waals surface area contributed by atoms with Gasteiger partial charge >= 0.3 is 0 Å². The lowest BCUT2D eigenvalue weighted by Crippen LogP contribution is -2.68. The van der Waals surface area contributed by atoms with E-state index in [1.54, 1.807) is 0 Å². The Labute approximate surface area is 136 Å². The van der Waals surface area contributed by atoms with E-state index in [0.717, 1.165) is 30.0 Å². The van der Waals surface area contributed by atoms with E-state index in [1.807, 2.05) is 12.4 Å². The molecule has 21 heavy (non-hydrogen) atoms. The first-order valence-corrected chi connectivity index (χ1v) is 8.84. The van der Waals surface area contributed by atoms with Crippen molar-refractivity contribution in [2.45, 2.75) is 57.7 Å². The summed E-state index contributed by atoms with van der Waals surface area (Å²) in [5.41, 5.74) is 1.81. The van der Waals surface area contributed by atoms with Crippen molar-refractivity contribution in [3.05, 3.63) is 28.5 Å². The van der Waals surface area contributed by atoms with Crippen LogP contribution in [-0.2, 0) is 6.54 Å². The summed E-state index contributed by atoms with van der Waals surface area (Å²) in [6, 6.07) is 2.19. The Hall–Kier alpha value is -0.450. The second-order valence-electron chi connectivity index (χ2n) is 7.26. The van der Waals surface area contributed by atoms with Crippen molar-refractivity contribution in [1.29, 1.82) is 0 Å². The zero-order valence-electron chi connectivity index (χ0n) is 13.3. The summed E-state index contributed by atoms with van der Waals surface area (Å²) in [5.74, 6) is 0.863. The normalized spacial score (nSPS) is 34.1. The van der Waals surface area contributed by atoms with Crippen LogP contribution in [0.1, 0.15) is 45.6 Å². The summed E-state index contributed by atoms with van der Waals surface area (Å²) >= 11 is 3.53. The first-order chi connectivity index (χ1) is 9.95. The average molecular weight is 352 g/mol. The topological polar surface area (TPSA) is 28.2 Å². The second-order valence-corrected chi connectivity index (χ2v) is 8.18. The van der Waals surface area contributed by atoms with E-state index in [9.17, 15) is 0 Å². The number of aromatic nitrogens is 1. The summed E-state index contributed by atoms with van der Waals surface area (Å²) in [4.78, 5) is 6.99. The van der Waals surface area contributed by atoms with Crippen molar-refractivity contribution in [2.75, 3.05) is 13.1 Å². The molecule has 2 unspecified atom stereocenters. The molecule has 2 atom stereocenters. The van der Waals surface area contributed by atoms with E-state index < -0.39 is 0 Å². The van der Waals surface area contributed by atoms with Crippen molar-refractivity contribution in [1.82, 2.24) is 15.2 Å². The molecule has 3 rings (SSSR count). The van der Waals surface area contributed by atoms with Crippen molar-refractivity contribution in [2.24, 2.45) is 5.92 Å². The largest absolute Gasteiger partial charge is 0.308 e. The highest BCUT2D eigenvalue weighted by atomic mass is 79.9. The summed E-state index contributed by atoms with van der Waals surface area (Å²) in [6.07, 6.45) is 7.80. The first-order valence-electron chi connectivity index (χ1n) is 8.05. The Morgan fingerprint density at radius 2 is 2.14 bits per heavy atom. The molecule has 0 amide bonds. The zero-order valence-corrected chi connectivity index (χ0v) is 14.9. The van der Waals surface area contributed by atoms with Crippen LogP contribution in [0.15, 0.2) is 22.9 Å². The fourth-order valence-electron chi connectivity index (χ4n) is 3.50. The van der Waals surface area contributed by atoms with Crippen LogP contribution < -0.4 is 5.32 Å². The van der Waals surface area contributed by atoms with Crippen LogP contribution in [0.5, 0.6) is 0 Å². The Balaban J connectivity index is 1.80. The maximum absolute atomic E-state index is 4.32. The molecule has 1 aromatic rings. The number of nitrogens with zero attached hydrogens (tertiary/aromatic N) is 2. The molecule has 0 bridgehead atoms. The SMILES string of the molecule is CCC1(C)CNC(C)(C2CC2)CN1Cc1cncc(Br)c1. The minimum absolute atomic E-state index is 0.233. The molecule has 1 aliphatic carbocycles. The molecule has 2 fully saturated rings. The van der Waals surface area contributed by atoms with Gasteiger partial charge < -0.3 is 5.32 Å². The van der Waals surface area contributed by atoms with Gasteiger partial charge in [0.2, 0.25) is 0 Å². The minimum atomic E-state index is 0.233. The van der Waals surface area contributed by atoms with Crippen LogP contribution in [0.2, 0.25) is 0 Å². The lowest BCUT2D eigenvalue weighted by Gasteiger charge is -2.52. The minimum Gasteiger partial charge on any atom is -0.308 e. The van der Waals surface area contributed by atoms with Crippen LogP contribution in [0.4, 0.5) is 0 Å². The molecule has 4 heteroatoms.